The van der Waals surface area contributed by atoms with Gasteiger partial charge in [0.1, 0.15) is 0 Å². The van der Waals surface area contributed by atoms with Gasteiger partial charge in [0.25, 0.3) is 5.91 Å². The molecule has 112 valence electrons. The van der Waals surface area contributed by atoms with E-state index >= 15 is 0 Å². The minimum Gasteiger partial charge on any atom is -0.423 e. The Kier molecular flexibility index (Phi) is 3.24. The Balaban J connectivity index is 1.63. The first kappa shape index (κ1) is 13.5. The summed E-state index contributed by atoms with van der Waals surface area (Å²) in [4.78, 5) is 14.7. The summed E-state index contributed by atoms with van der Waals surface area (Å²) in [5, 5.41) is 16.7. The van der Waals surface area contributed by atoms with Crippen LogP contribution in [-0.2, 0) is 11.3 Å². The second-order valence-electron chi connectivity index (χ2n) is 5.75. The van der Waals surface area contributed by atoms with Crippen molar-refractivity contribution in [2.45, 2.75) is 25.5 Å². The van der Waals surface area contributed by atoms with Gasteiger partial charge in [0.2, 0.25) is 0 Å². The first-order valence-corrected chi connectivity index (χ1v) is 7.47. The number of nitrogens with one attached hydrogen (secondary N) is 1. The second-order valence-corrected chi connectivity index (χ2v) is 5.75. The number of benzene rings is 1. The standard InChI is InChI=1S/C15H16BN3O3/c20-15(10-3-4-11-9-22-16(21)12(11)8-10)19-7-1-2-14(19)13-5-6-17-18-13/h3-6,8,14,21H,1-2,7,9H2,(H,17,18). The van der Waals surface area contributed by atoms with Crippen LogP contribution < -0.4 is 5.46 Å². The predicted molar refractivity (Wildman–Crippen MR) is 80.4 cm³/mol. The van der Waals surface area contributed by atoms with Crippen LogP contribution in [0.2, 0.25) is 0 Å². The maximum Gasteiger partial charge on any atom is 0.491 e. The monoisotopic (exact) mass is 297 g/mol. The Morgan fingerprint density at radius 2 is 2.36 bits per heavy atom. The summed E-state index contributed by atoms with van der Waals surface area (Å²) in [5.74, 6) is -0.0148. The molecule has 0 spiro atoms. The minimum absolute atomic E-state index is 0.0148. The molecule has 0 saturated carbocycles. The fourth-order valence-electron chi connectivity index (χ4n) is 3.30. The van der Waals surface area contributed by atoms with Gasteiger partial charge in [0.05, 0.1) is 18.3 Å². The summed E-state index contributed by atoms with van der Waals surface area (Å²) in [6, 6.07) is 7.38. The Morgan fingerprint density at radius 1 is 1.45 bits per heavy atom. The molecule has 3 heterocycles. The number of H-pyrrole nitrogens is 1. The Morgan fingerprint density at radius 3 is 3.18 bits per heavy atom. The third kappa shape index (κ3) is 2.13. The number of nitrogens with zero attached hydrogens (tertiary/aromatic N) is 2. The van der Waals surface area contributed by atoms with Crippen molar-refractivity contribution in [3.8, 4) is 0 Å². The molecule has 2 N–H and O–H groups in total. The molecule has 2 aliphatic rings. The summed E-state index contributed by atoms with van der Waals surface area (Å²) in [5.41, 5.74) is 3.20. The third-order valence-corrected chi connectivity index (χ3v) is 4.45. The van der Waals surface area contributed by atoms with Crippen LogP contribution in [0, 0.1) is 0 Å². The van der Waals surface area contributed by atoms with Crippen LogP contribution >= 0.6 is 0 Å². The van der Waals surface area contributed by atoms with E-state index in [1.165, 1.54) is 0 Å². The van der Waals surface area contributed by atoms with Crippen molar-refractivity contribution in [1.29, 1.82) is 0 Å². The summed E-state index contributed by atoms with van der Waals surface area (Å²) >= 11 is 0. The van der Waals surface area contributed by atoms with Crippen LogP contribution in [0.1, 0.15) is 40.5 Å². The van der Waals surface area contributed by atoms with Gasteiger partial charge in [-0.1, -0.05) is 6.07 Å². The molecule has 4 rings (SSSR count). The van der Waals surface area contributed by atoms with Crippen LogP contribution in [0.25, 0.3) is 0 Å². The van der Waals surface area contributed by atoms with Crippen molar-refractivity contribution in [3.05, 3.63) is 47.3 Å². The van der Waals surface area contributed by atoms with Crippen LogP contribution in [-0.4, -0.2) is 39.7 Å². The first-order valence-electron chi connectivity index (χ1n) is 7.47. The molecule has 1 atom stereocenters. The molecule has 7 heteroatoms. The van der Waals surface area contributed by atoms with E-state index in [2.05, 4.69) is 10.2 Å². The van der Waals surface area contributed by atoms with Crippen molar-refractivity contribution in [2.75, 3.05) is 6.54 Å². The Labute approximate surface area is 128 Å². The average Bonchev–Trinajstić information content (AvgIpc) is 3.26. The lowest BCUT2D eigenvalue weighted by molar-refractivity contribution is 0.0733. The number of hydrogen-bond donors (Lipinski definition) is 2. The molecule has 0 bridgehead atoms. The fraction of sp³-hybridized carbons (Fsp3) is 0.333. The number of hydrogen-bond acceptors (Lipinski definition) is 4. The molecule has 1 amide bonds. The largest absolute Gasteiger partial charge is 0.491 e. The highest BCUT2D eigenvalue weighted by molar-refractivity contribution is 6.61. The van der Waals surface area contributed by atoms with Crippen LogP contribution in [0.15, 0.2) is 30.5 Å². The molecule has 0 aliphatic carbocycles. The van der Waals surface area contributed by atoms with E-state index in [1.807, 2.05) is 23.1 Å². The lowest BCUT2D eigenvalue weighted by Crippen LogP contribution is -2.33. The van der Waals surface area contributed by atoms with Crippen molar-refractivity contribution in [1.82, 2.24) is 15.1 Å². The highest BCUT2D eigenvalue weighted by Gasteiger charge is 2.33. The summed E-state index contributed by atoms with van der Waals surface area (Å²) < 4.78 is 5.18. The van der Waals surface area contributed by atoms with Gasteiger partial charge in [-0.2, -0.15) is 5.10 Å². The van der Waals surface area contributed by atoms with Gasteiger partial charge < -0.3 is 14.6 Å². The number of likely N-dealkylation sites (tertiary alicyclic amines) is 1. The van der Waals surface area contributed by atoms with E-state index < -0.39 is 7.12 Å². The van der Waals surface area contributed by atoms with Crippen molar-refractivity contribution < 1.29 is 14.5 Å². The SMILES string of the molecule is O=C(c1ccc2c(c1)B(O)OC2)N1CCCC1c1ccn[nH]1. The van der Waals surface area contributed by atoms with Gasteiger partial charge in [-0.05, 0) is 42.1 Å². The number of amides is 1. The van der Waals surface area contributed by atoms with E-state index in [4.69, 9.17) is 4.65 Å². The van der Waals surface area contributed by atoms with Crippen LogP contribution in [0.3, 0.4) is 0 Å². The zero-order chi connectivity index (χ0) is 15.1. The van der Waals surface area contributed by atoms with Gasteiger partial charge in [-0.3, -0.25) is 9.89 Å². The van der Waals surface area contributed by atoms with Crippen LogP contribution in [0.5, 0.6) is 0 Å². The summed E-state index contributed by atoms with van der Waals surface area (Å²) in [7, 11) is -0.926. The number of rotatable bonds is 2. The topological polar surface area (TPSA) is 78.5 Å². The van der Waals surface area contributed by atoms with Gasteiger partial charge in [0.15, 0.2) is 0 Å². The molecule has 1 aromatic carbocycles. The average molecular weight is 297 g/mol. The van der Waals surface area contributed by atoms with Crippen molar-refractivity contribution >= 4 is 18.5 Å². The Bertz CT molecular complexity index is 704. The molecule has 1 saturated heterocycles. The molecule has 1 fully saturated rings. The molecule has 1 aromatic heterocycles. The number of aromatic nitrogens is 2. The minimum atomic E-state index is -0.926. The number of carbonyl (C=O) groups excluding carboxylic acids is 1. The third-order valence-electron chi connectivity index (χ3n) is 4.45. The predicted octanol–water partition coefficient (Wildman–Crippen LogP) is 0.605. The molecule has 2 aliphatic heterocycles. The quantitative estimate of drug-likeness (QED) is 0.796. The van der Waals surface area contributed by atoms with E-state index in [1.54, 1.807) is 12.3 Å². The molecular formula is C15H16BN3O3. The van der Waals surface area contributed by atoms with Gasteiger partial charge in [-0.15, -0.1) is 0 Å². The van der Waals surface area contributed by atoms with E-state index in [0.717, 1.165) is 30.6 Å². The van der Waals surface area contributed by atoms with Crippen molar-refractivity contribution in [3.63, 3.8) is 0 Å². The fourth-order valence-corrected chi connectivity index (χ4v) is 3.30. The van der Waals surface area contributed by atoms with Crippen LogP contribution in [0.4, 0.5) is 0 Å². The molecule has 6 nitrogen and oxygen atoms in total. The Hall–Kier alpha value is -2.12. The molecular weight excluding hydrogens is 281 g/mol. The highest BCUT2D eigenvalue weighted by Crippen LogP contribution is 2.31. The van der Waals surface area contributed by atoms with E-state index in [0.29, 0.717) is 17.6 Å². The van der Waals surface area contributed by atoms with E-state index in [9.17, 15) is 9.82 Å². The first-order chi connectivity index (χ1) is 10.7. The molecule has 1 unspecified atom stereocenters. The zero-order valence-corrected chi connectivity index (χ0v) is 12.0. The van der Waals surface area contributed by atoms with E-state index in [-0.39, 0.29) is 11.9 Å². The van der Waals surface area contributed by atoms with Gasteiger partial charge >= 0.3 is 7.12 Å². The van der Waals surface area contributed by atoms with Crippen molar-refractivity contribution in [2.24, 2.45) is 0 Å². The maximum atomic E-state index is 12.8. The second kappa shape index (κ2) is 5.26. The highest BCUT2D eigenvalue weighted by atomic mass is 16.5. The molecule has 0 radical (unpaired) electrons. The van der Waals surface area contributed by atoms with Gasteiger partial charge in [0, 0.05) is 18.3 Å². The lowest BCUT2D eigenvalue weighted by Gasteiger charge is -2.24. The zero-order valence-electron chi connectivity index (χ0n) is 12.0. The number of fused-ring (bicyclic) bond motifs is 1. The molecule has 2 aromatic rings. The number of aromatic amines is 1. The lowest BCUT2D eigenvalue weighted by atomic mass is 9.78. The summed E-state index contributed by atoms with van der Waals surface area (Å²) in [6.07, 6.45) is 3.62. The smallest absolute Gasteiger partial charge is 0.423 e. The van der Waals surface area contributed by atoms with Gasteiger partial charge in [-0.25, -0.2) is 0 Å². The number of carbonyl (C=O) groups is 1. The molecule has 22 heavy (non-hydrogen) atoms. The maximum absolute atomic E-state index is 12.8. The normalized spacial score (nSPS) is 20.5. The summed E-state index contributed by atoms with van der Waals surface area (Å²) in [6.45, 7) is 1.13.